The van der Waals surface area contributed by atoms with Crippen LogP contribution in [0.15, 0.2) is 60.7 Å². The summed E-state index contributed by atoms with van der Waals surface area (Å²) in [4.78, 5) is 2.04. The second-order valence-electron chi connectivity index (χ2n) is 6.94. The zero-order valence-corrected chi connectivity index (χ0v) is 15.8. The Hall–Kier alpha value is -3.60. The van der Waals surface area contributed by atoms with Crippen molar-refractivity contribution in [2.24, 2.45) is 0 Å². The maximum absolute atomic E-state index is 12.6. The standard InChI is InChI=1S/C22H17F3N4O/c23-22(24,25)20-8-9-21(28-27-20)30-18-10-11-29(14-18)19-7-6-16(12-17(19)13-26)15-4-2-1-3-5-15/h1-9,12,18H,10-11,14H2/t18-/m0/s1. The lowest BCUT2D eigenvalue weighted by Gasteiger charge is -2.20. The normalized spacial score (nSPS) is 16.3. The summed E-state index contributed by atoms with van der Waals surface area (Å²) in [6, 6.07) is 19.8. The highest BCUT2D eigenvalue weighted by Gasteiger charge is 2.33. The highest BCUT2D eigenvalue weighted by molar-refractivity contribution is 5.71. The highest BCUT2D eigenvalue weighted by Crippen LogP contribution is 2.31. The molecule has 8 heteroatoms. The van der Waals surface area contributed by atoms with E-state index in [9.17, 15) is 18.4 Å². The number of ether oxygens (including phenoxy) is 1. The molecule has 0 spiro atoms. The number of anilines is 1. The van der Waals surface area contributed by atoms with Crippen LogP contribution in [-0.2, 0) is 6.18 Å². The minimum atomic E-state index is -4.53. The molecule has 2 heterocycles. The van der Waals surface area contributed by atoms with Crippen molar-refractivity contribution in [2.45, 2.75) is 18.7 Å². The first-order valence-corrected chi connectivity index (χ1v) is 9.36. The summed E-state index contributed by atoms with van der Waals surface area (Å²) in [5, 5.41) is 16.3. The minimum absolute atomic E-state index is 0.0507. The van der Waals surface area contributed by atoms with Crippen LogP contribution in [0.25, 0.3) is 11.1 Å². The van der Waals surface area contributed by atoms with E-state index >= 15 is 0 Å². The molecule has 2 aromatic carbocycles. The molecule has 5 nitrogen and oxygen atoms in total. The summed E-state index contributed by atoms with van der Waals surface area (Å²) in [5.74, 6) is 0.0507. The molecule has 1 aliphatic rings. The van der Waals surface area contributed by atoms with E-state index in [0.29, 0.717) is 25.1 Å². The average Bonchev–Trinajstić information content (AvgIpc) is 3.22. The number of nitriles is 1. The predicted molar refractivity (Wildman–Crippen MR) is 105 cm³/mol. The van der Waals surface area contributed by atoms with Gasteiger partial charge in [-0.05, 0) is 29.3 Å². The molecule has 1 fully saturated rings. The quantitative estimate of drug-likeness (QED) is 0.624. The van der Waals surface area contributed by atoms with Crippen LogP contribution < -0.4 is 9.64 Å². The van der Waals surface area contributed by atoms with Gasteiger partial charge >= 0.3 is 6.18 Å². The van der Waals surface area contributed by atoms with Crippen LogP contribution >= 0.6 is 0 Å². The van der Waals surface area contributed by atoms with Gasteiger partial charge in [0.25, 0.3) is 0 Å². The molecular weight excluding hydrogens is 393 g/mol. The summed E-state index contributed by atoms with van der Waals surface area (Å²) in [7, 11) is 0. The molecule has 0 bridgehead atoms. The summed E-state index contributed by atoms with van der Waals surface area (Å²) >= 11 is 0. The Labute approximate surface area is 171 Å². The summed E-state index contributed by atoms with van der Waals surface area (Å²) in [5.41, 5.74) is 2.31. The van der Waals surface area contributed by atoms with Gasteiger partial charge in [0.05, 0.1) is 17.8 Å². The molecule has 4 rings (SSSR count). The van der Waals surface area contributed by atoms with E-state index in [-0.39, 0.29) is 12.0 Å². The van der Waals surface area contributed by atoms with E-state index in [1.54, 1.807) is 0 Å². The molecule has 152 valence electrons. The van der Waals surface area contributed by atoms with Crippen molar-refractivity contribution in [3.05, 3.63) is 71.9 Å². The van der Waals surface area contributed by atoms with Gasteiger partial charge < -0.3 is 9.64 Å². The summed E-state index contributed by atoms with van der Waals surface area (Å²) < 4.78 is 43.5. The van der Waals surface area contributed by atoms with Crippen LogP contribution in [0.4, 0.5) is 18.9 Å². The molecule has 30 heavy (non-hydrogen) atoms. The third-order valence-electron chi connectivity index (χ3n) is 4.93. The van der Waals surface area contributed by atoms with Crippen LogP contribution in [0.3, 0.4) is 0 Å². The maximum Gasteiger partial charge on any atom is 0.435 e. The maximum atomic E-state index is 12.6. The van der Waals surface area contributed by atoms with Crippen molar-refractivity contribution in [1.82, 2.24) is 10.2 Å². The first-order valence-electron chi connectivity index (χ1n) is 9.36. The minimum Gasteiger partial charge on any atom is -0.471 e. The molecule has 3 aromatic rings. The van der Waals surface area contributed by atoms with E-state index in [4.69, 9.17) is 4.74 Å². The lowest BCUT2D eigenvalue weighted by molar-refractivity contribution is -0.141. The fraction of sp³-hybridized carbons (Fsp3) is 0.227. The Kier molecular flexibility index (Phi) is 5.27. The van der Waals surface area contributed by atoms with E-state index in [1.807, 2.05) is 53.4 Å². The lowest BCUT2D eigenvalue weighted by Crippen LogP contribution is -2.25. The Morgan fingerprint density at radius 2 is 1.80 bits per heavy atom. The Balaban J connectivity index is 1.46. The van der Waals surface area contributed by atoms with Crippen LogP contribution in [0.5, 0.6) is 5.88 Å². The summed E-state index contributed by atoms with van der Waals surface area (Å²) in [6.07, 6.45) is -4.13. The Bertz CT molecular complexity index is 1060. The SMILES string of the molecule is N#Cc1cc(-c2ccccc2)ccc1N1CC[C@H](Oc2ccc(C(F)(F)F)nn2)C1. The van der Waals surface area contributed by atoms with Crippen LogP contribution in [0.2, 0.25) is 0 Å². The topological polar surface area (TPSA) is 62.0 Å². The molecule has 1 aromatic heterocycles. The van der Waals surface area contributed by atoms with Gasteiger partial charge in [-0.2, -0.15) is 18.4 Å². The van der Waals surface area contributed by atoms with Crippen LogP contribution in [-0.4, -0.2) is 29.4 Å². The van der Waals surface area contributed by atoms with Gasteiger partial charge in [-0.3, -0.25) is 0 Å². The Morgan fingerprint density at radius 3 is 2.47 bits per heavy atom. The van der Waals surface area contributed by atoms with E-state index in [2.05, 4.69) is 16.3 Å². The first kappa shape index (κ1) is 19.7. The lowest BCUT2D eigenvalue weighted by atomic mass is 10.0. The third-order valence-corrected chi connectivity index (χ3v) is 4.93. The van der Waals surface area contributed by atoms with Gasteiger partial charge in [-0.25, -0.2) is 0 Å². The van der Waals surface area contributed by atoms with Crippen molar-refractivity contribution < 1.29 is 17.9 Å². The van der Waals surface area contributed by atoms with Crippen molar-refractivity contribution in [3.8, 4) is 23.1 Å². The monoisotopic (exact) mass is 410 g/mol. The molecule has 1 aliphatic heterocycles. The van der Waals surface area contributed by atoms with Gasteiger partial charge in [0, 0.05) is 19.0 Å². The zero-order chi connectivity index (χ0) is 21.1. The predicted octanol–water partition coefficient (Wildman–Crippen LogP) is 4.69. The van der Waals surface area contributed by atoms with Crippen molar-refractivity contribution >= 4 is 5.69 Å². The van der Waals surface area contributed by atoms with Crippen LogP contribution in [0.1, 0.15) is 17.7 Å². The number of hydrogen-bond acceptors (Lipinski definition) is 5. The smallest absolute Gasteiger partial charge is 0.435 e. The molecule has 0 N–H and O–H groups in total. The Morgan fingerprint density at radius 1 is 1.00 bits per heavy atom. The number of halogens is 3. The number of nitrogens with zero attached hydrogens (tertiary/aromatic N) is 4. The molecular formula is C22H17F3N4O. The second kappa shape index (κ2) is 8.03. The van der Waals surface area contributed by atoms with Gasteiger partial charge in [0.1, 0.15) is 12.2 Å². The summed E-state index contributed by atoms with van der Waals surface area (Å²) in [6.45, 7) is 1.17. The fourth-order valence-electron chi connectivity index (χ4n) is 3.46. The zero-order valence-electron chi connectivity index (χ0n) is 15.8. The third kappa shape index (κ3) is 4.20. The van der Waals surface area contributed by atoms with E-state index < -0.39 is 11.9 Å². The fourth-order valence-corrected chi connectivity index (χ4v) is 3.46. The largest absolute Gasteiger partial charge is 0.471 e. The second-order valence-corrected chi connectivity index (χ2v) is 6.94. The van der Waals surface area contributed by atoms with E-state index in [1.165, 1.54) is 6.07 Å². The van der Waals surface area contributed by atoms with Crippen molar-refractivity contribution in [1.29, 1.82) is 5.26 Å². The molecule has 0 aliphatic carbocycles. The van der Waals surface area contributed by atoms with Gasteiger partial charge in [0.15, 0.2) is 5.69 Å². The van der Waals surface area contributed by atoms with E-state index in [0.717, 1.165) is 22.9 Å². The number of benzene rings is 2. The molecule has 1 atom stereocenters. The number of hydrogen-bond donors (Lipinski definition) is 0. The van der Waals surface area contributed by atoms with Crippen molar-refractivity contribution in [2.75, 3.05) is 18.0 Å². The molecule has 0 saturated carbocycles. The number of alkyl halides is 3. The highest BCUT2D eigenvalue weighted by atomic mass is 19.4. The molecule has 1 saturated heterocycles. The first-order chi connectivity index (χ1) is 14.4. The van der Waals surface area contributed by atoms with Crippen LogP contribution in [0, 0.1) is 11.3 Å². The van der Waals surface area contributed by atoms with Gasteiger partial charge in [-0.15, -0.1) is 10.2 Å². The average molecular weight is 410 g/mol. The van der Waals surface area contributed by atoms with Gasteiger partial charge in [0.2, 0.25) is 5.88 Å². The number of aromatic nitrogens is 2. The molecule has 0 amide bonds. The van der Waals surface area contributed by atoms with Gasteiger partial charge in [-0.1, -0.05) is 36.4 Å². The molecule has 0 unspecified atom stereocenters. The molecule has 0 radical (unpaired) electrons. The number of rotatable bonds is 4. The van der Waals surface area contributed by atoms with Crippen molar-refractivity contribution in [3.63, 3.8) is 0 Å².